The summed E-state index contributed by atoms with van der Waals surface area (Å²) in [6, 6.07) is 16.8. The van der Waals surface area contributed by atoms with Gasteiger partial charge in [0, 0.05) is 36.0 Å². The highest BCUT2D eigenvalue weighted by atomic mass is 15.1. The number of pyridine rings is 1. The Hall–Kier alpha value is -2.55. The van der Waals surface area contributed by atoms with E-state index in [0.717, 1.165) is 30.7 Å². The molecule has 0 fully saturated rings. The van der Waals surface area contributed by atoms with Gasteiger partial charge in [-0.05, 0) is 41.8 Å². The molecule has 2 aromatic carbocycles. The number of rotatable bonds is 1. The van der Waals surface area contributed by atoms with E-state index in [1.807, 2.05) is 18.3 Å². The number of fused-ring (bicyclic) bond motifs is 2. The Balaban J connectivity index is 1.78. The van der Waals surface area contributed by atoms with Gasteiger partial charge < -0.3 is 10.6 Å². The van der Waals surface area contributed by atoms with Crippen LogP contribution in [0.4, 0.5) is 11.4 Å². The fourth-order valence-electron chi connectivity index (χ4n) is 3.13. The zero-order valence-corrected chi connectivity index (χ0v) is 11.8. The maximum atomic E-state index is 5.86. The Morgan fingerprint density at radius 1 is 1.00 bits per heavy atom. The van der Waals surface area contributed by atoms with Gasteiger partial charge in [-0.1, -0.05) is 24.3 Å². The molecule has 1 aromatic heterocycles. The standard InChI is InChI=1S/C18H17N3/c19-15-5-6-16-17(11-15)20-9-7-18(16)21-10-8-13-3-1-2-4-14(13)12-21/h1-7,9,11H,8,10,12,19H2. The van der Waals surface area contributed by atoms with E-state index >= 15 is 0 Å². The van der Waals surface area contributed by atoms with Crippen molar-refractivity contribution in [2.45, 2.75) is 13.0 Å². The lowest BCUT2D eigenvalue weighted by Crippen LogP contribution is -2.30. The molecule has 0 amide bonds. The lowest BCUT2D eigenvalue weighted by atomic mass is 9.99. The van der Waals surface area contributed by atoms with Crippen LogP contribution in [0, 0.1) is 0 Å². The summed E-state index contributed by atoms with van der Waals surface area (Å²) in [4.78, 5) is 6.87. The molecule has 0 saturated carbocycles. The first kappa shape index (κ1) is 12.2. The first-order chi connectivity index (χ1) is 10.3. The van der Waals surface area contributed by atoms with Crippen LogP contribution in [-0.2, 0) is 13.0 Å². The molecular weight excluding hydrogens is 258 g/mol. The average Bonchev–Trinajstić information content (AvgIpc) is 2.53. The quantitative estimate of drug-likeness (QED) is 0.692. The lowest BCUT2D eigenvalue weighted by Gasteiger charge is -2.31. The SMILES string of the molecule is Nc1ccc2c(N3CCc4ccccc4C3)ccnc2c1. The van der Waals surface area contributed by atoms with Crippen LogP contribution < -0.4 is 10.6 Å². The maximum absolute atomic E-state index is 5.86. The predicted molar refractivity (Wildman–Crippen MR) is 87.4 cm³/mol. The van der Waals surface area contributed by atoms with Gasteiger partial charge in [-0.25, -0.2) is 0 Å². The summed E-state index contributed by atoms with van der Waals surface area (Å²) in [5, 5.41) is 1.17. The second kappa shape index (κ2) is 4.77. The number of aromatic nitrogens is 1. The molecule has 0 spiro atoms. The largest absolute Gasteiger partial charge is 0.399 e. The average molecular weight is 275 g/mol. The Morgan fingerprint density at radius 3 is 2.76 bits per heavy atom. The highest BCUT2D eigenvalue weighted by molar-refractivity contribution is 5.93. The molecule has 4 rings (SSSR count). The monoisotopic (exact) mass is 275 g/mol. The second-order valence-corrected chi connectivity index (χ2v) is 5.55. The van der Waals surface area contributed by atoms with Gasteiger partial charge in [0.15, 0.2) is 0 Å². The van der Waals surface area contributed by atoms with E-state index in [2.05, 4.69) is 46.3 Å². The molecule has 0 bridgehead atoms. The maximum Gasteiger partial charge on any atom is 0.0743 e. The van der Waals surface area contributed by atoms with Crippen molar-refractivity contribution in [1.82, 2.24) is 4.98 Å². The van der Waals surface area contributed by atoms with E-state index in [4.69, 9.17) is 5.73 Å². The van der Waals surface area contributed by atoms with Crippen molar-refractivity contribution in [3.05, 3.63) is 65.9 Å². The van der Waals surface area contributed by atoms with Crippen molar-refractivity contribution in [1.29, 1.82) is 0 Å². The van der Waals surface area contributed by atoms with Gasteiger partial charge in [-0.3, -0.25) is 4.98 Å². The highest BCUT2D eigenvalue weighted by Crippen LogP contribution is 2.30. The van der Waals surface area contributed by atoms with Crippen LogP contribution in [0.1, 0.15) is 11.1 Å². The third kappa shape index (κ3) is 2.11. The predicted octanol–water partition coefficient (Wildman–Crippen LogP) is 3.38. The summed E-state index contributed by atoms with van der Waals surface area (Å²) in [6.07, 6.45) is 2.96. The van der Waals surface area contributed by atoms with Gasteiger partial charge in [0.25, 0.3) is 0 Å². The fraction of sp³-hybridized carbons (Fsp3) is 0.167. The van der Waals surface area contributed by atoms with Crippen molar-refractivity contribution in [2.75, 3.05) is 17.2 Å². The van der Waals surface area contributed by atoms with Gasteiger partial charge in [-0.15, -0.1) is 0 Å². The van der Waals surface area contributed by atoms with Gasteiger partial charge in [0.2, 0.25) is 0 Å². The first-order valence-electron chi connectivity index (χ1n) is 7.27. The van der Waals surface area contributed by atoms with E-state index in [-0.39, 0.29) is 0 Å². The van der Waals surface area contributed by atoms with Crippen molar-refractivity contribution in [3.8, 4) is 0 Å². The minimum Gasteiger partial charge on any atom is -0.399 e. The number of anilines is 2. The third-order valence-electron chi connectivity index (χ3n) is 4.22. The number of nitrogen functional groups attached to an aromatic ring is 1. The Morgan fingerprint density at radius 2 is 1.86 bits per heavy atom. The van der Waals surface area contributed by atoms with Crippen LogP contribution in [0.25, 0.3) is 10.9 Å². The summed E-state index contributed by atoms with van der Waals surface area (Å²) in [6.45, 7) is 2.00. The summed E-state index contributed by atoms with van der Waals surface area (Å²) in [5.74, 6) is 0. The zero-order chi connectivity index (χ0) is 14.2. The molecule has 3 aromatic rings. The summed E-state index contributed by atoms with van der Waals surface area (Å²) in [7, 11) is 0. The normalized spacial score (nSPS) is 14.2. The van der Waals surface area contributed by atoms with Gasteiger partial charge in [0.05, 0.1) is 5.52 Å². The third-order valence-corrected chi connectivity index (χ3v) is 4.22. The molecule has 0 unspecified atom stereocenters. The molecule has 1 aliphatic heterocycles. The lowest BCUT2D eigenvalue weighted by molar-refractivity contribution is 0.734. The van der Waals surface area contributed by atoms with E-state index in [0.29, 0.717) is 0 Å². The van der Waals surface area contributed by atoms with Crippen molar-refractivity contribution < 1.29 is 0 Å². The highest BCUT2D eigenvalue weighted by Gasteiger charge is 2.17. The summed E-state index contributed by atoms with van der Waals surface area (Å²) in [5.41, 5.74) is 11.7. The van der Waals surface area contributed by atoms with E-state index in [1.165, 1.54) is 22.2 Å². The van der Waals surface area contributed by atoms with Crippen molar-refractivity contribution in [3.63, 3.8) is 0 Å². The number of nitrogens with zero attached hydrogens (tertiary/aromatic N) is 2. The van der Waals surface area contributed by atoms with Crippen LogP contribution in [0.15, 0.2) is 54.7 Å². The Bertz CT molecular complexity index is 810. The van der Waals surface area contributed by atoms with E-state index < -0.39 is 0 Å². The fourth-order valence-corrected chi connectivity index (χ4v) is 3.13. The van der Waals surface area contributed by atoms with Crippen LogP contribution in [0.2, 0.25) is 0 Å². The van der Waals surface area contributed by atoms with Gasteiger partial charge in [-0.2, -0.15) is 0 Å². The molecule has 2 N–H and O–H groups in total. The summed E-state index contributed by atoms with van der Waals surface area (Å²) >= 11 is 0. The molecule has 0 radical (unpaired) electrons. The second-order valence-electron chi connectivity index (χ2n) is 5.55. The van der Waals surface area contributed by atoms with E-state index in [1.54, 1.807) is 0 Å². The molecule has 3 heteroatoms. The molecule has 0 saturated heterocycles. The first-order valence-corrected chi connectivity index (χ1v) is 7.27. The summed E-state index contributed by atoms with van der Waals surface area (Å²) < 4.78 is 0. The van der Waals surface area contributed by atoms with Gasteiger partial charge >= 0.3 is 0 Å². The molecule has 1 aliphatic rings. The number of hydrogen-bond acceptors (Lipinski definition) is 3. The molecule has 2 heterocycles. The Kier molecular flexibility index (Phi) is 2.78. The zero-order valence-electron chi connectivity index (χ0n) is 11.8. The van der Waals surface area contributed by atoms with Crippen molar-refractivity contribution in [2.24, 2.45) is 0 Å². The number of benzene rings is 2. The van der Waals surface area contributed by atoms with Crippen LogP contribution in [0.3, 0.4) is 0 Å². The molecular formula is C18H17N3. The van der Waals surface area contributed by atoms with Gasteiger partial charge in [0.1, 0.15) is 0 Å². The molecule has 0 atom stereocenters. The smallest absolute Gasteiger partial charge is 0.0743 e. The number of hydrogen-bond donors (Lipinski definition) is 1. The van der Waals surface area contributed by atoms with Crippen molar-refractivity contribution >= 4 is 22.3 Å². The van der Waals surface area contributed by atoms with Crippen LogP contribution in [-0.4, -0.2) is 11.5 Å². The topological polar surface area (TPSA) is 42.1 Å². The molecule has 21 heavy (non-hydrogen) atoms. The van der Waals surface area contributed by atoms with E-state index in [9.17, 15) is 0 Å². The minimum atomic E-state index is 0.760. The molecule has 0 aliphatic carbocycles. The molecule has 3 nitrogen and oxygen atoms in total. The molecule has 104 valence electrons. The van der Waals surface area contributed by atoms with Crippen LogP contribution in [0.5, 0.6) is 0 Å². The number of nitrogens with two attached hydrogens (primary N) is 1. The van der Waals surface area contributed by atoms with Crippen LogP contribution >= 0.6 is 0 Å². The Labute approximate surface area is 124 Å². The minimum absolute atomic E-state index is 0.760.